The van der Waals surface area contributed by atoms with Gasteiger partial charge in [0, 0.05) is 12.5 Å². The van der Waals surface area contributed by atoms with Crippen LogP contribution in [0.5, 0.6) is 5.75 Å². The summed E-state index contributed by atoms with van der Waals surface area (Å²) in [5.41, 5.74) is 1.25. The van der Waals surface area contributed by atoms with Crippen molar-refractivity contribution in [1.29, 1.82) is 0 Å². The average Bonchev–Trinajstić information content (AvgIpc) is 2.46. The molecule has 0 fully saturated rings. The lowest BCUT2D eigenvalue weighted by molar-refractivity contribution is -0.137. The van der Waals surface area contributed by atoms with E-state index in [1.165, 1.54) is 10.9 Å². The maximum Gasteiger partial charge on any atom is 0.330 e. The normalized spacial score (nSPS) is 10.2. The second-order valence-electron chi connectivity index (χ2n) is 4.59. The molecule has 0 radical (unpaired) electrons. The van der Waals surface area contributed by atoms with Gasteiger partial charge in [-0.1, -0.05) is 36.4 Å². The van der Waals surface area contributed by atoms with E-state index in [1.54, 1.807) is 0 Å². The largest absolute Gasteiger partial charge is 0.493 e. The lowest BCUT2D eigenvalue weighted by Gasteiger charge is -2.08. The van der Waals surface area contributed by atoms with Crippen molar-refractivity contribution in [3.8, 4) is 5.75 Å². The first-order valence-corrected chi connectivity index (χ1v) is 6.61. The Bertz CT molecular complexity index is 617. The van der Waals surface area contributed by atoms with Crippen LogP contribution in [0, 0.1) is 6.92 Å². The predicted molar refractivity (Wildman–Crippen MR) is 80.0 cm³/mol. The first-order valence-electron chi connectivity index (χ1n) is 6.61. The predicted octanol–water partition coefficient (Wildman–Crippen LogP) is 3.65. The third-order valence-electron chi connectivity index (χ3n) is 2.94. The second kappa shape index (κ2) is 6.75. The maximum atomic E-state index is 10.8. The number of ether oxygens (including phenoxy) is 2. The highest BCUT2D eigenvalue weighted by atomic mass is 16.5. The van der Waals surface area contributed by atoms with Gasteiger partial charge in [0.25, 0.3) is 0 Å². The molecule has 0 atom stereocenters. The molecule has 0 unspecified atom stereocenters. The molecule has 0 heterocycles. The first-order chi connectivity index (χ1) is 9.69. The van der Waals surface area contributed by atoms with Crippen molar-refractivity contribution in [2.75, 3.05) is 13.2 Å². The van der Waals surface area contributed by atoms with Gasteiger partial charge < -0.3 is 9.47 Å². The van der Waals surface area contributed by atoms with Crippen LogP contribution in [0.1, 0.15) is 12.0 Å². The van der Waals surface area contributed by atoms with Crippen molar-refractivity contribution in [3.05, 3.63) is 54.6 Å². The third kappa shape index (κ3) is 3.85. The fraction of sp³-hybridized carbons (Fsp3) is 0.235. The third-order valence-corrected chi connectivity index (χ3v) is 2.94. The average molecular weight is 270 g/mol. The van der Waals surface area contributed by atoms with E-state index in [9.17, 15) is 4.79 Å². The van der Waals surface area contributed by atoms with Crippen LogP contribution in [0.25, 0.3) is 10.8 Å². The molecular weight excluding hydrogens is 252 g/mol. The Balaban J connectivity index is 1.86. The summed E-state index contributed by atoms with van der Waals surface area (Å²) in [6.07, 6.45) is 1.82. The fourth-order valence-corrected chi connectivity index (χ4v) is 1.91. The molecule has 2 aromatic rings. The number of hydrogen-bond donors (Lipinski definition) is 0. The molecule has 3 nitrogen and oxygen atoms in total. The molecule has 104 valence electrons. The highest BCUT2D eigenvalue weighted by molar-refractivity contribution is 5.84. The van der Waals surface area contributed by atoms with Crippen LogP contribution in [-0.4, -0.2) is 19.2 Å². The molecule has 0 saturated carbocycles. The van der Waals surface area contributed by atoms with Crippen LogP contribution in [0.3, 0.4) is 0 Å². The van der Waals surface area contributed by atoms with E-state index >= 15 is 0 Å². The summed E-state index contributed by atoms with van der Waals surface area (Å²) < 4.78 is 10.5. The summed E-state index contributed by atoms with van der Waals surface area (Å²) in [4.78, 5) is 10.8. The van der Waals surface area contributed by atoms with Gasteiger partial charge in [-0.05, 0) is 29.8 Å². The van der Waals surface area contributed by atoms with Gasteiger partial charge in [0.2, 0.25) is 0 Å². The lowest BCUT2D eigenvalue weighted by Crippen LogP contribution is -2.06. The summed E-state index contributed by atoms with van der Waals surface area (Å²) in [5.74, 6) is 0.433. The van der Waals surface area contributed by atoms with Gasteiger partial charge in [0.05, 0.1) is 13.2 Å². The fourth-order valence-electron chi connectivity index (χ4n) is 1.91. The van der Waals surface area contributed by atoms with Gasteiger partial charge in [-0.2, -0.15) is 0 Å². The van der Waals surface area contributed by atoms with Crippen LogP contribution in [-0.2, 0) is 9.53 Å². The van der Waals surface area contributed by atoms with E-state index in [2.05, 4.69) is 37.8 Å². The monoisotopic (exact) mass is 270 g/mol. The van der Waals surface area contributed by atoms with Gasteiger partial charge in [-0.15, -0.1) is 0 Å². The number of rotatable bonds is 6. The van der Waals surface area contributed by atoms with Crippen molar-refractivity contribution < 1.29 is 14.3 Å². The number of esters is 1. The SMILES string of the molecule is C=CC(=O)OCCCOc1ccc2cc(C)ccc2c1. The Hall–Kier alpha value is -2.29. The molecule has 0 aromatic heterocycles. The summed E-state index contributed by atoms with van der Waals surface area (Å²) in [7, 11) is 0. The quantitative estimate of drug-likeness (QED) is 0.456. The van der Waals surface area contributed by atoms with Crippen molar-refractivity contribution in [1.82, 2.24) is 0 Å². The summed E-state index contributed by atoms with van der Waals surface area (Å²) in [5, 5.41) is 2.36. The van der Waals surface area contributed by atoms with Crippen LogP contribution >= 0.6 is 0 Å². The van der Waals surface area contributed by atoms with Crippen molar-refractivity contribution in [2.24, 2.45) is 0 Å². The highest BCUT2D eigenvalue weighted by Crippen LogP contribution is 2.21. The molecule has 0 N–H and O–H groups in total. The molecule has 0 aliphatic carbocycles. The molecular formula is C17H18O3. The number of aryl methyl sites for hydroxylation is 1. The van der Waals surface area contributed by atoms with E-state index in [-0.39, 0.29) is 0 Å². The zero-order valence-electron chi connectivity index (χ0n) is 11.6. The lowest BCUT2D eigenvalue weighted by atomic mass is 10.1. The Kier molecular flexibility index (Phi) is 4.77. The van der Waals surface area contributed by atoms with E-state index in [4.69, 9.17) is 9.47 Å². The first kappa shape index (κ1) is 14.1. The summed E-state index contributed by atoms with van der Waals surface area (Å²) >= 11 is 0. The van der Waals surface area contributed by atoms with Crippen LogP contribution < -0.4 is 4.74 Å². The minimum absolute atomic E-state index is 0.345. The van der Waals surface area contributed by atoms with E-state index in [0.717, 1.165) is 17.2 Å². The summed E-state index contributed by atoms with van der Waals surface area (Å²) in [6, 6.07) is 12.3. The molecule has 2 aromatic carbocycles. The Morgan fingerprint density at radius 1 is 1.15 bits per heavy atom. The Labute approximate surface area is 118 Å². The number of hydrogen-bond acceptors (Lipinski definition) is 3. The molecule has 20 heavy (non-hydrogen) atoms. The standard InChI is InChI=1S/C17H18O3/c1-3-17(18)20-10-4-9-19-16-8-7-14-11-13(2)5-6-15(14)12-16/h3,5-8,11-12H,1,4,9-10H2,2H3. The second-order valence-corrected chi connectivity index (χ2v) is 4.59. The molecule has 3 heteroatoms. The zero-order valence-corrected chi connectivity index (χ0v) is 11.6. The van der Waals surface area contributed by atoms with E-state index in [0.29, 0.717) is 19.6 Å². The highest BCUT2D eigenvalue weighted by Gasteiger charge is 1.99. The minimum atomic E-state index is -0.397. The van der Waals surface area contributed by atoms with Crippen molar-refractivity contribution in [2.45, 2.75) is 13.3 Å². The van der Waals surface area contributed by atoms with Crippen LogP contribution in [0.4, 0.5) is 0 Å². The molecule has 0 bridgehead atoms. The van der Waals surface area contributed by atoms with Crippen molar-refractivity contribution in [3.63, 3.8) is 0 Å². The van der Waals surface area contributed by atoms with E-state index < -0.39 is 5.97 Å². The van der Waals surface area contributed by atoms with Crippen molar-refractivity contribution >= 4 is 16.7 Å². The number of benzene rings is 2. The zero-order chi connectivity index (χ0) is 14.4. The van der Waals surface area contributed by atoms with Crippen LogP contribution in [0.2, 0.25) is 0 Å². The summed E-state index contributed by atoms with van der Waals surface area (Å²) in [6.45, 7) is 6.27. The van der Waals surface area contributed by atoms with Gasteiger partial charge in [-0.25, -0.2) is 4.79 Å². The maximum absolute atomic E-state index is 10.8. The number of carbonyl (C=O) groups excluding carboxylic acids is 1. The number of fused-ring (bicyclic) bond motifs is 1. The minimum Gasteiger partial charge on any atom is -0.493 e. The Morgan fingerprint density at radius 3 is 2.70 bits per heavy atom. The molecule has 0 spiro atoms. The molecule has 0 saturated heterocycles. The smallest absolute Gasteiger partial charge is 0.330 e. The van der Waals surface area contributed by atoms with Gasteiger partial charge >= 0.3 is 5.97 Å². The molecule has 2 rings (SSSR count). The molecule has 0 amide bonds. The van der Waals surface area contributed by atoms with Gasteiger partial charge in [-0.3, -0.25) is 0 Å². The number of carbonyl (C=O) groups is 1. The van der Waals surface area contributed by atoms with Crippen LogP contribution in [0.15, 0.2) is 49.1 Å². The molecule has 0 aliphatic heterocycles. The Morgan fingerprint density at radius 2 is 1.90 bits per heavy atom. The topological polar surface area (TPSA) is 35.5 Å². The van der Waals surface area contributed by atoms with Gasteiger partial charge in [0.1, 0.15) is 5.75 Å². The molecule has 0 aliphatic rings. The van der Waals surface area contributed by atoms with E-state index in [1.807, 2.05) is 12.1 Å². The van der Waals surface area contributed by atoms with Gasteiger partial charge in [0.15, 0.2) is 0 Å².